The highest BCUT2D eigenvalue weighted by Crippen LogP contribution is 2.15. The van der Waals surface area contributed by atoms with Crippen molar-refractivity contribution in [2.45, 2.75) is 6.04 Å². The molecule has 0 radical (unpaired) electrons. The maximum Gasteiger partial charge on any atom is 0.407 e. The van der Waals surface area contributed by atoms with Crippen LogP contribution in [0.25, 0.3) is 0 Å². The Morgan fingerprint density at radius 1 is 1.33 bits per heavy atom. The molecule has 1 N–H and O–H groups in total. The smallest absolute Gasteiger partial charge is 0.407 e. The third-order valence-electron chi connectivity index (χ3n) is 1.81. The number of benzene rings is 1. The Kier molecular flexibility index (Phi) is 4.12. The van der Waals surface area contributed by atoms with E-state index < -0.39 is 17.4 Å². The first-order chi connectivity index (χ1) is 7.15. The number of hydrogen-bond donors (Lipinski definition) is 1. The first-order valence-electron chi connectivity index (χ1n) is 4.24. The third-order valence-corrected chi connectivity index (χ3v) is 2.03. The molecular weight excluding hydrogens is 218 g/mol. The first kappa shape index (κ1) is 11.5. The molecule has 0 bridgehead atoms. The van der Waals surface area contributed by atoms with Gasteiger partial charge in [-0.1, -0.05) is 30.3 Å². The molecule has 1 unspecified atom stereocenters. The Morgan fingerprint density at radius 2 is 1.93 bits per heavy atom. The summed E-state index contributed by atoms with van der Waals surface area (Å²) in [5.41, 5.74) is 0.614. The number of rotatable bonds is 3. The van der Waals surface area contributed by atoms with E-state index in [0.717, 1.165) is 0 Å². The van der Waals surface area contributed by atoms with Gasteiger partial charge in [-0.05, 0) is 17.2 Å². The number of halogens is 1. The summed E-state index contributed by atoms with van der Waals surface area (Å²) in [4.78, 5) is 22.0. The maximum absolute atomic E-state index is 11.1. The number of ether oxygens (including phenoxy) is 1. The lowest BCUT2D eigenvalue weighted by atomic mass is 10.1. The van der Waals surface area contributed by atoms with Gasteiger partial charge in [0.2, 0.25) is 5.24 Å². The van der Waals surface area contributed by atoms with Crippen LogP contribution in [0.1, 0.15) is 11.6 Å². The molecule has 0 spiro atoms. The second-order valence-electron chi connectivity index (χ2n) is 2.78. The van der Waals surface area contributed by atoms with Gasteiger partial charge >= 0.3 is 6.09 Å². The van der Waals surface area contributed by atoms with Gasteiger partial charge in [-0.25, -0.2) is 4.79 Å². The molecule has 0 saturated heterocycles. The molecule has 0 saturated carbocycles. The third kappa shape index (κ3) is 3.25. The van der Waals surface area contributed by atoms with Crippen molar-refractivity contribution in [1.29, 1.82) is 0 Å². The van der Waals surface area contributed by atoms with Crippen LogP contribution in [0.4, 0.5) is 4.79 Å². The molecular formula is C10H10ClNO3. The number of carbonyl (C=O) groups excluding carboxylic acids is 2. The van der Waals surface area contributed by atoms with Crippen molar-refractivity contribution in [1.82, 2.24) is 5.32 Å². The predicted molar refractivity (Wildman–Crippen MR) is 55.6 cm³/mol. The minimum atomic E-state index is -0.875. The van der Waals surface area contributed by atoms with E-state index in [-0.39, 0.29) is 0 Å². The van der Waals surface area contributed by atoms with Crippen LogP contribution in [-0.2, 0) is 9.53 Å². The molecule has 1 aromatic carbocycles. The molecule has 1 rings (SSSR count). The summed E-state index contributed by atoms with van der Waals surface area (Å²) in [5.74, 6) is 0. The van der Waals surface area contributed by atoms with E-state index in [4.69, 9.17) is 11.6 Å². The normalized spacial score (nSPS) is 11.6. The summed E-state index contributed by atoms with van der Waals surface area (Å²) in [6.45, 7) is 0. The molecule has 0 aromatic heterocycles. The number of amides is 1. The number of nitrogens with one attached hydrogen (secondary N) is 1. The van der Waals surface area contributed by atoms with E-state index in [9.17, 15) is 9.59 Å². The fourth-order valence-electron chi connectivity index (χ4n) is 1.09. The van der Waals surface area contributed by atoms with Crippen LogP contribution in [0.5, 0.6) is 0 Å². The molecule has 0 heterocycles. The van der Waals surface area contributed by atoms with E-state index in [0.29, 0.717) is 5.56 Å². The number of hydrogen-bond acceptors (Lipinski definition) is 3. The predicted octanol–water partition coefficient (Wildman–Crippen LogP) is 1.85. The summed E-state index contributed by atoms with van der Waals surface area (Å²) in [7, 11) is 1.22. The fraction of sp³-hybridized carbons (Fsp3) is 0.200. The van der Waals surface area contributed by atoms with Crippen LogP contribution in [-0.4, -0.2) is 18.4 Å². The van der Waals surface area contributed by atoms with Crippen molar-refractivity contribution in [3.63, 3.8) is 0 Å². The Hall–Kier alpha value is -1.55. The molecule has 4 nitrogen and oxygen atoms in total. The summed E-state index contributed by atoms with van der Waals surface area (Å²) in [5, 5.41) is 1.68. The Bertz CT molecular complexity index is 353. The monoisotopic (exact) mass is 227 g/mol. The van der Waals surface area contributed by atoms with Gasteiger partial charge in [-0.15, -0.1) is 0 Å². The summed E-state index contributed by atoms with van der Waals surface area (Å²) in [6, 6.07) is 7.82. The van der Waals surface area contributed by atoms with Gasteiger partial charge in [0.15, 0.2) is 0 Å². The summed E-state index contributed by atoms with van der Waals surface area (Å²) < 4.78 is 4.39. The van der Waals surface area contributed by atoms with Crippen LogP contribution in [0.15, 0.2) is 30.3 Å². The molecule has 1 aromatic rings. The highest BCUT2D eigenvalue weighted by atomic mass is 35.5. The molecule has 1 atom stereocenters. The van der Waals surface area contributed by atoms with Gasteiger partial charge < -0.3 is 10.1 Å². The summed E-state index contributed by atoms with van der Waals surface area (Å²) >= 11 is 5.37. The highest BCUT2D eigenvalue weighted by Gasteiger charge is 2.20. The van der Waals surface area contributed by atoms with E-state index in [1.54, 1.807) is 30.3 Å². The number of alkyl carbamates (subject to hydrolysis) is 1. The lowest BCUT2D eigenvalue weighted by molar-refractivity contribution is -0.113. The van der Waals surface area contributed by atoms with Gasteiger partial charge in [0.05, 0.1) is 7.11 Å². The lowest BCUT2D eigenvalue weighted by Crippen LogP contribution is -2.31. The quantitative estimate of drug-likeness (QED) is 0.802. The maximum atomic E-state index is 11.1. The van der Waals surface area contributed by atoms with E-state index in [2.05, 4.69) is 10.1 Å². The Labute approximate surface area is 92.2 Å². The van der Waals surface area contributed by atoms with E-state index in [1.165, 1.54) is 7.11 Å². The van der Waals surface area contributed by atoms with Crippen molar-refractivity contribution in [2.24, 2.45) is 0 Å². The lowest BCUT2D eigenvalue weighted by Gasteiger charge is -2.13. The van der Waals surface area contributed by atoms with Crippen LogP contribution >= 0.6 is 11.6 Å². The molecule has 1 amide bonds. The van der Waals surface area contributed by atoms with Crippen molar-refractivity contribution in [3.05, 3.63) is 35.9 Å². The average Bonchev–Trinajstić information content (AvgIpc) is 2.26. The van der Waals surface area contributed by atoms with Crippen molar-refractivity contribution in [2.75, 3.05) is 7.11 Å². The largest absolute Gasteiger partial charge is 0.453 e. The zero-order valence-electron chi connectivity index (χ0n) is 8.07. The zero-order chi connectivity index (χ0) is 11.3. The summed E-state index contributed by atoms with van der Waals surface area (Å²) in [6.07, 6.45) is -0.696. The SMILES string of the molecule is COC(=O)NC(C(=O)Cl)c1ccccc1. The molecule has 5 heteroatoms. The molecule has 80 valence electrons. The van der Waals surface area contributed by atoms with Crippen molar-refractivity contribution in [3.8, 4) is 0 Å². The van der Waals surface area contributed by atoms with Crippen LogP contribution in [0, 0.1) is 0 Å². The van der Waals surface area contributed by atoms with E-state index in [1.807, 2.05) is 0 Å². The molecule has 0 fully saturated rings. The Morgan fingerprint density at radius 3 is 2.40 bits per heavy atom. The van der Waals surface area contributed by atoms with Gasteiger partial charge in [0.25, 0.3) is 0 Å². The Balaban J connectivity index is 2.84. The number of methoxy groups -OCH3 is 1. The van der Waals surface area contributed by atoms with E-state index >= 15 is 0 Å². The average molecular weight is 228 g/mol. The molecule has 0 aliphatic heterocycles. The van der Waals surface area contributed by atoms with Gasteiger partial charge in [-0.2, -0.15) is 0 Å². The first-order valence-corrected chi connectivity index (χ1v) is 4.61. The van der Waals surface area contributed by atoms with Crippen molar-refractivity contribution >= 4 is 22.9 Å². The van der Waals surface area contributed by atoms with Gasteiger partial charge in [0, 0.05) is 0 Å². The van der Waals surface area contributed by atoms with Crippen LogP contribution < -0.4 is 5.32 Å². The fourth-order valence-corrected chi connectivity index (χ4v) is 1.27. The minimum absolute atomic E-state index is 0.614. The zero-order valence-corrected chi connectivity index (χ0v) is 8.82. The standard InChI is InChI=1S/C10H10ClNO3/c1-15-10(14)12-8(9(11)13)7-5-3-2-4-6-7/h2-6,8H,1H3,(H,12,14). The van der Waals surface area contributed by atoms with Crippen LogP contribution in [0.3, 0.4) is 0 Å². The van der Waals surface area contributed by atoms with Crippen molar-refractivity contribution < 1.29 is 14.3 Å². The topological polar surface area (TPSA) is 55.4 Å². The molecule has 0 aliphatic rings. The van der Waals surface area contributed by atoms with Crippen LogP contribution in [0.2, 0.25) is 0 Å². The molecule has 15 heavy (non-hydrogen) atoms. The minimum Gasteiger partial charge on any atom is -0.453 e. The second-order valence-corrected chi connectivity index (χ2v) is 3.16. The second kappa shape index (κ2) is 5.36. The number of carbonyl (C=O) groups is 2. The molecule has 0 aliphatic carbocycles. The van der Waals surface area contributed by atoms with Gasteiger partial charge in [0.1, 0.15) is 6.04 Å². The van der Waals surface area contributed by atoms with Gasteiger partial charge in [-0.3, -0.25) is 4.79 Å². The highest BCUT2D eigenvalue weighted by molar-refractivity contribution is 6.64.